The lowest BCUT2D eigenvalue weighted by Crippen LogP contribution is -2.37. The second-order valence-corrected chi connectivity index (χ2v) is 8.67. The Morgan fingerprint density at radius 1 is 1.04 bits per heavy atom. The molecule has 0 aliphatic carbocycles. The highest BCUT2D eigenvalue weighted by atomic mass is 35.5. The molecule has 28 heavy (non-hydrogen) atoms. The number of nitrogens with zero attached hydrogens (tertiary/aromatic N) is 2. The summed E-state index contributed by atoms with van der Waals surface area (Å²) >= 11 is 6.14. The van der Waals surface area contributed by atoms with Crippen LogP contribution in [0.2, 0.25) is 5.02 Å². The summed E-state index contributed by atoms with van der Waals surface area (Å²) in [5.41, 5.74) is 1.01. The Hall–Kier alpha value is -2.29. The van der Waals surface area contributed by atoms with Gasteiger partial charge in [0.15, 0.2) is 11.6 Å². The lowest BCUT2D eigenvalue weighted by atomic mass is 10.1. The molecule has 1 aromatic heterocycles. The first-order valence-corrected chi connectivity index (χ1v) is 10.3. The number of ether oxygens (including phenoxy) is 1. The summed E-state index contributed by atoms with van der Waals surface area (Å²) in [6.07, 6.45) is 1.25. The maximum Gasteiger partial charge on any atom is 0.210 e. The third-order valence-electron chi connectivity index (χ3n) is 4.59. The van der Waals surface area contributed by atoms with Crippen molar-refractivity contribution in [3.8, 4) is 0 Å². The van der Waals surface area contributed by atoms with Crippen LogP contribution in [0.3, 0.4) is 0 Å². The number of pyridine rings is 1. The van der Waals surface area contributed by atoms with Gasteiger partial charge in [-0.15, -0.1) is 0 Å². The molecule has 1 fully saturated rings. The van der Waals surface area contributed by atoms with E-state index >= 15 is 0 Å². The van der Waals surface area contributed by atoms with Crippen LogP contribution in [0.15, 0.2) is 52.4 Å². The molecule has 4 rings (SSSR count). The molecule has 3 aromatic rings. The molecule has 0 amide bonds. The van der Waals surface area contributed by atoms with Gasteiger partial charge in [-0.1, -0.05) is 11.6 Å². The van der Waals surface area contributed by atoms with E-state index in [9.17, 15) is 17.2 Å². The minimum atomic E-state index is -4.16. The summed E-state index contributed by atoms with van der Waals surface area (Å²) in [6.45, 7) is 1.84. The normalized spacial score (nSPS) is 15.2. The molecule has 0 unspecified atom stereocenters. The molecule has 0 N–H and O–H groups in total. The Kier molecular flexibility index (Phi) is 4.95. The van der Waals surface area contributed by atoms with Crippen molar-refractivity contribution < 1.29 is 21.9 Å². The summed E-state index contributed by atoms with van der Waals surface area (Å²) in [5, 5.41) is 1.00. The van der Waals surface area contributed by atoms with Gasteiger partial charge in [0.2, 0.25) is 9.84 Å². The van der Waals surface area contributed by atoms with Gasteiger partial charge in [-0.3, -0.25) is 4.98 Å². The molecule has 1 saturated heterocycles. The average molecular weight is 425 g/mol. The van der Waals surface area contributed by atoms with Crippen LogP contribution in [0.1, 0.15) is 0 Å². The Morgan fingerprint density at radius 3 is 2.50 bits per heavy atom. The standard InChI is InChI=1S/C19H15ClF2N2O3S/c20-12-1-4-17-14(9-12)19(24-5-7-27-8-6-24)18(11-23-17)28(25,26)13-2-3-15(21)16(22)10-13/h1-4,9-11H,5-8H2. The van der Waals surface area contributed by atoms with Crippen molar-refractivity contribution >= 4 is 38.0 Å². The fourth-order valence-corrected chi connectivity index (χ4v) is 4.83. The van der Waals surface area contributed by atoms with E-state index in [-0.39, 0.29) is 9.79 Å². The zero-order valence-electron chi connectivity index (χ0n) is 14.5. The van der Waals surface area contributed by atoms with Crippen molar-refractivity contribution in [2.45, 2.75) is 9.79 Å². The van der Waals surface area contributed by atoms with Gasteiger partial charge in [-0.2, -0.15) is 0 Å². The van der Waals surface area contributed by atoms with E-state index in [1.165, 1.54) is 6.20 Å². The second-order valence-electron chi connectivity index (χ2n) is 6.31. The molecule has 0 saturated carbocycles. The van der Waals surface area contributed by atoms with Gasteiger partial charge in [0.25, 0.3) is 0 Å². The molecule has 0 spiro atoms. The summed E-state index contributed by atoms with van der Waals surface area (Å²) in [5.74, 6) is -2.35. The van der Waals surface area contributed by atoms with Crippen molar-refractivity contribution in [3.63, 3.8) is 0 Å². The fraction of sp³-hybridized carbons (Fsp3) is 0.211. The molecule has 9 heteroatoms. The molecule has 1 aliphatic rings. The van der Waals surface area contributed by atoms with Crippen LogP contribution in [0, 0.1) is 11.6 Å². The number of benzene rings is 2. The third-order valence-corrected chi connectivity index (χ3v) is 6.57. The predicted molar refractivity (Wildman–Crippen MR) is 102 cm³/mol. The molecular weight excluding hydrogens is 410 g/mol. The Morgan fingerprint density at radius 2 is 1.79 bits per heavy atom. The molecule has 2 heterocycles. The van der Waals surface area contributed by atoms with E-state index in [1.807, 2.05) is 4.90 Å². The van der Waals surface area contributed by atoms with E-state index in [0.717, 1.165) is 12.1 Å². The first-order valence-electron chi connectivity index (χ1n) is 8.49. The minimum absolute atomic E-state index is 0.0878. The van der Waals surface area contributed by atoms with Gasteiger partial charge in [0.1, 0.15) is 4.90 Å². The van der Waals surface area contributed by atoms with Crippen molar-refractivity contribution in [1.29, 1.82) is 0 Å². The SMILES string of the molecule is O=S(=O)(c1ccc(F)c(F)c1)c1cnc2ccc(Cl)cc2c1N1CCOCC1. The molecular formula is C19H15ClF2N2O3S. The van der Waals surface area contributed by atoms with Crippen LogP contribution in [-0.4, -0.2) is 39.7 Å². The van der Waals surface area contributed by atoms with E-state index in [2.05, 4.69) is 4.98 Å². The van der Waals surface area contributed by atoms with Gasteiger partial charge in [0, 0.05) is 29.7 Å². The number of rotatable bonds is 3. The molecule has 0 atom stereocenters. The Balaban J connectivity index is 1.98. The molecule has 1 aliphatic heterocycles. The Bertz CT molecular complexity index is 1170. The zero-order valence-corrected chi connectivity index (χ0v) is 16.1. The highest BCUT2D eigenvalue weighted by Crippen LogP contribution is 2.37. The number of halogens is 3. The largest absolute Gasteiger partial charge is 0.378 e. The van der Waals surface area contributed by atoms with Gasteiger partial charge < -0.3 is 9.64 Å². The highest BCUT2D eigenvalue weighted by molar-refractivity contribution is 7.91. The van der Waals surface area contributed by atoms with Crippen LogP contribution in [-0.2, 0) is 14.6 Å². The summed E-state index contributed by atoms with van der Waals surface area (Å²) in [4.78, 5) is 5.70. The summed E-state index contributed by atoms with van der Waals surface area (Å²) in [7, 11) is -4.16. The molecule has 2 aromatic carbocycles. The van der Waals surface area contributed by atoms with Crippen molar-refractivity contribution in [2.24, 2.45) is 0 Å². The minimum Gasteiger partial charge on any atom is -0.378 e. The van der Waals surface area contributed by atoms with E-state index in [4.69, 9.17) is 16.3 Å². The average Bonchev–Trinajstić information content (AvgIpc) is 2.69. The van der Waals surface area contributed by atoms with E-state index in [1.54, 1.807) is 18.2 Å². The number of anilines is 1. The lowest BCUT2D eigenvalue weighted by molar-refractivity contribution is 0.122. The number of sulfone groups is 1. The van der Waals surface area contributed by atoms with Crippen LogP contribution in [0.5, 0.6) is 0 Å². The first-order chi connectivity index (χ1) is 13.4. The van der Waals surface area contributed by atoms with Gasteiger partial charge in [-0.25, -0.2) is 17.2 Å². The van der Waals surface area contributed by atoms with E-state index < -0.39 is 21.5 Å². The molecule has 146 valence electrons. The number of hydrogen-bond acceptors (Lipinski definition) is 5. The zero-order chi connectivity index (χ0) is 19.9. The Labute approximate surface area is 165 Å². The molecule has 0 bridgehead atoms. The molecule has 0 radical (unpaired) electrons. The number of aromatic nitrogens is 1. The van der Waals surface area contributed by atoms with Crippen LogP contribution in [0.4, 0.5) is 14.5 Å². The van der Waals surface area contributed by atoms with Gasteiger partial charge in [0.05, 0.1) is 29.3 Å². The number of fused-ring (bicyclic) bond motifs is 1. The highest BCUT2D eigenvalue weighted by Gasteiger charge is 2.28. The lowest BCUT2D eigenvalue weighted by Gasteiger charge is -2.31. The number of morpholine rings is 1. The van der Waals surface area contributed by atoms with Gasteiger partial charge >= 0.3 is 0 Å². The van der Waals surface area contributed by atoms with Crippen LogP contribution >= 0.6 is 11.6 Å². The van der Waals surface area contributed by atoms with Crippen LogP contribution < -0.4 is 4.90 Å². The maximum absolute atomic E-state index is 13.7. The van der Waals surface area contributed by atoms with Crippen LogP contribution in [0.25, 0.3) is 10.9 Å². The van der Waals surface area contributed by atoms with Crippen molar-refractivity contribution in [3.05, 3.63) is 59.3 Å². The quantitative estimate of drug-likeness (QED) is 0.598. The van der Waals surface area contributed by atoms with Crippen molar-refractivity contribution in [2.75, 3.05) is 31.2 Å². The maximum atomic E-state index is 13.7. The monoisotopic (exact) mass is 424 g/mol. The van der Waals surface area contributed by atoms with Crippen molar-refractivity contribution in [1.82, 2.24) is 4.98 Å². The smallest absolute Gasteiger partial charge is 0.210 e. The molecule has 5 nitrogen and oxygen atoms in total. The topological polar surface area (TPSA) is 59.5 Å². The fourth-order valence-electron chi connectivity index (χ4n) is 3.21. The summed E-state index contributed by atoms with van der Waals surface area (Å²) in [6, 6.07) is 7.54. The third kappa shape index (κ3) is 3.32. The number of hydrogen-bond donors (Lipinski definition) is 0. The van der Waals surface area contributed by atoms with Gasteiger partial charge in [-0.05, 0) is 36.4 Å². The predicted octanol–water partition coefficient (Wildman–Crippen LogP) is 3.84. The first kappa shape index (κ1) is 19.0. The summed E-state index contributed by atoms with van der Waals surface area (Å²) < 4.78 is 58.9. The van der Waals surface area contributed by atoms with E-state index in [0.29, 0.717) is 54.0 Å². The second kappa shape index (κ2) is 7.27.